The number of rotatable bonds is 2. The highest BCUT2D eigenvalue weighted by molar-refractivity contribution is 6.30. The molecule has 0 unspecified atom stereocenters. The highest BCUT2D eigenvalue weighted by Crippen LogP contribution is 2.47. The molecule has 1 aliphatic carbocycles. The van der Waals surface area contributed by atoms with Crippen molar-refractivity contribution in [3.8, 4) is 0 Å². The van der Waals surface area contributed by atoms with Crippen molar-refractivity contribution in [2.45, 2.75) is 38.7 Å². The summed E-state index contributed by atoms with van der Waals surface area (Å²) in [5, 5.41) is 15.5. The maximum atomic E-state index is 12.3. The van der Waals surface area contributed by atoms with Crippen LogP contribution in [-0.4, -0.2) is 21.6 Å². The number of carbonyl (C=O) groups is 1. The van der Waals surface area contributed by atoms with Crippen LogP contribution in [0.25, 0.3) is 0 Å². The van der Waals surface area contributed by atoms with Gasteiger partial charge in [-0.05, 0) is 38.5 Å². The van der Waals surface area contributed by atoms with E-state index < -0.39 is 11.5 Å². The summed E-state index contributed by atoms with van der Waals surface area (Å²) in [6, 6.07) is 7.36. The Morgan fingerprint density at radius 3 is 2.64 bits per heavy atom. The molecule has 0 saturated carbocycles. The Kier molecular flexibility index (Phi) is 3.62. The number of hydrogen-bond donors (Lipinski definition) is 1. The lowest BCUT2D eigenvalue weighted by molar-refractivity contribution is -0.130. The molecule has 116 valence electrons. The third-order valence-corrected chi connectivity index (χ3v) is 4.74. The van der Waals surface area contributed by atoms with E-state index in [2.05, 4.69) is 5.16 Å². The molecule has 1 aliphatic rings. The maximum Gasteiger partial charge on any atom is 0.137 e. The fourth-order valence-corrected chi connectivity index (χ4v) is 3.75. The second-order valence-corrected chi connectivity index (χ2v) is 6.69. The number of aromatic nitrogens is 1. The smallest absolute Gasteiger partial charge is 0.137 e. The zero-order chi connectivity index (χ0) is 16.1. The first-order chi connectivity index (χ1) is 10.3. The van der Waals surface area contributed by atoms with Gasteiger partial charge in [-0.25, -0.2) is 0 Å². The number of Topliss-reactive ketones (excluding diaryl/α,β-unsaturated/α-hetero) is 1. The lowest BCUT2D eigenvalue weighted by Crippen LogP contribution is -2.48. The summed E-state index contributed by atoms with van der Waals surface area (Å²) in [5.74, 6) is -0.174. The highest BCUT2D eigenvalue weighted by Gasteiger charge is 2.49. The number of nitrogens with zero attached hydrogens (tertiary/aromatic N) is 1. The molecule has 0 aliphatic heterocycles. The van der Waals surface area contributed by atoms with Gasteiger partial charge in [-0.3, -0.25) is 4.79 Å². The van der Waals surface area contributed by atoms with Crippen LogP contribution < -0.4 is 0 Å². The zero-order valence-corrected chi connectivity index (χ0v) is 13.5. The largest absolute Gasteiger partial charge is 0.389 e. The van der Waals surface area contributed by atoms with Gasteiger partial charge in [0.2, 0.25) is 0 Å². The van der Waals surface area contributed by atoms with Gasteiger partial charge in [-0.2, -0.15) is 0 Å². The Bertz CT molecular complexity index is 718. The minimum atomic E-state index is -1.16. The molecule has 0 radical (unpaired) electrons. The van der Waals surface area contributed by atoms with Crippen molar-refractivity contribution >= 4 is 17.4 Å². The van der Waals surface area contributed by atoms with Gasteiger partial charge in [0.25, 0.3) is 0 Å². The van der Waals surface area contributed by atoms with Crippen molar-refractivity contribution in [1.82, 2.24) is 5.16 Å². The van der Waals surface area contributed by atoms with Crippen LogP contribution in [-0.2, 0) is 11.2 Å². The normalized spacial score (nSPS) is 27.5. The summed E-state index contributed by atoms with van der Waals surface area (Å²) in [4.78, 5) is 12.3. The van der Waals surface area contributed by atoms with E-state index in [9.17, 15) is 9.90 Å². The van der Waals surface area contributed by atoms with Crippen LogP contribution in [0.4, 0.5) is 0 Å². The molecule has 2 aromatic rings. The number of aliphatic hydroxyl groups is 1. The van der Waals surface area contributed by atoms with Gasteiger partial charge >= 0.3 is 0 Å². The number of hydrogen-bond acceptors (Lipinski definition) is 4. The molecule has 1 heterocycles. The Morgan fingerprint density at radius 2 is 2.05 bits per heavy atom. The lowest BCUT2D eigenvalue weighted by atomic mass is 9.64. The first kappa shape index (κ1) is 15.3. The first-order valence-corrected chi connectivity index (χ1v) is 7.62. The monoisotopic (exact) mass is 319 g/mol. The van der Waals surface area contributed by atoms with Crippen LogP contribution in [0.1, 0.15) is 42.3 Å². The van der Waals surface area contributed by atoms with Crippen molar-refractivity contribution in [1.29, 1.82) is 0 Å². The molecule has 1 aromatic heterocycles. The summed E-state index contributed by atoms with van der Waals surface area (Å²) >= 11 is 5.97. The van der Waals surface area contributed by atoms with Crippen molar-refractivity contribution < 1.29 is 14.4 Å². The number of carbonyl (C=O) groups excluding carboxylic acids is 1. The molecule has 0 bridgehead atoms. The molecule has 0 amide bonds. The molecular weight excluding hydrogens is 302 g/mol. The van der Waals surface area contributed by atoms with E-state index in [1.165, 1.54) is 6.92 Å². The molecule has 0 saturated heterocycles. The molecule has 3 rings (SSSR count). The Hall–Kier alpha value is -1.65. The number of ketones is 1. The van der Waals surface area contributed by atoms with E-state index in [1.807, 2.05) is 19.1 Å². The molecule has 22 heavy (non-hydrogen) atoms. The summed E-state index contributed by atoms with van der Waals surface area (Å²) < 4.78 is 5.32. The van der Waals surface area contributed by atoms with Crippen molar-refractivity contribution in [3.05, 3.63) is 51.9 Å². The Labute approximate surface area is 134 Å². The van der Waals surface area contributed by atoms with E-state index in [-0.39, 0.29) is 11.7 Å². The predicted octanol–water partition coefficient (Wildman–Crippen LogP) is 3.28. The van der Waals surface area contributed by atoms with Crippen molar-refractivity contribution in [2.75, 3.05) is 0 Å². The van der Waals surface area contributed by atoms with E-state index in [1.54, 1.807) is 19.1 Å². The van der Waals surface area contributed by atoms with Crippen LogP contribution in [0.5, 0.6) is 0 Å². The molecule has 3 atom stereocenters. The van der Waals surface area contributed by atoms with Crippen LogP contribution in [0.2, 0.25) is 5.02 Å². The third kappa shape index (κ3) is 2.36. The van der Waals surface area contributed by atoms with Crippen LogP contribution in [0.15, 0.2) is 28.8 Å². The zero-order valence-electron chi connectivity index (χ0n) is 12.8. The minimum absolute atomic E-state index is 0.0452. The molecule has 0 spiro atoms. The highest BCUT2D eigenvalue weighted by atomic mass is 35.5. The van der Waals surface area contributed by atoms with E-state index >= 15 is 0 Å². The fraction of sp³-hybridized carbons (Fsp3) is 0.412. The van der Waals surface area contributed by atoms with Gasteiger partial charge in [0.05, 0.1) is 17.2 Å². The second-order valence-electron chi connectivity index (χ2n) is 6.25. The summed E-state index contributed by atoms with van der Waals surface area (Å²) in [7, 11) is 0. The predicted molar refractivity (Wildman–Crippen MR) is 83.0 cm³/mol. The molecule has 1 N–H and O–H groups in total. The molecule has 5 heteroatoms. The summed E-state index contributed by atoms with van der Waals surface area (Å²) in [5.41, 5.74) is 1.40. The van der Waals surface area contributed by atoms with E-state index in [0.717, 1.165) is 16.8 Å². The average Bonchev–Trinajstić information content (AvgIpc) is 2.77. The lowest BCUT2D eigenvalue weighted by Gasteiger charge is -2.40. The second kappa shape index (κ2) is 5.21. The number of fused-ring (bicyclic) bond motifs is 1. The van der Waals surface area contributed by atoms with Gasteiger partial charge in [0.15, 0.2) is 0 Å². The topological polar surface area (TPSA) is 63.3 Å². The van der Waals surface area contributed by atoms with Gasteiger partial charge in [0, 0.05) is 22.9 Å². The Morgan fingerprint density at radius 1 is 1.41 bits per heavy atom. The Balaban J connectivity index is 2.23. The quantitative estimate of drug-likeness (QED) is 0.922. The van der Waals surface area contributed by atoms with Crippen LogP contribution in [0.3, 0.4) is 0 Å². The average molecular weight is 320 g/mol. The number of halogens is 1. The third-order valence-electron chi connectivity index (χ3n) is 4.49. The van der Waals surface area contributed by atoms with Crippen LogP contribution in [0, 0.1) is 12.8 Å². The van der Waals surface area contributed by atoms with Gasteiger partial charge in [-0.1, -0.05) is 28.9 Å². The summed E-state index contributed by atoms with van der Waals surface area (Å²) in [6.07, 6.45) is 0.314. The molecule has 0 fully saturated rings. The number of aryl methyl sites for hydroxylation is 1. The van der Waals surface area contributed by atoms with E-state index in [0.29, 0.717) is 17.2 Å². The molecule has 4 nitrogen and oxygen atoms in total. The van der Waals surface area contributed by atoms with Gasteiger partial charge in [0.1, 0.15) is 11.5 Å². The molecular formula is C17H18ClNO3. The molecule has 1 aromatic carbocycles. The summed E-state index contributed by atoms with van der Waals surface area (Å²) in [6.45, 7) is 5.05. The van der Waals surface area contributed by atoms with Gasteiger partial charge < -0.3 is 9.63 Å². The maximum absolute atomic E-state index is 12.3. The van der Waals surface area contributed by atoms with Crippen LogP contribution >= 0.6 is 11.6 Å². The fourth-order valence-electron chi connectivity index (χ4n) is 3.63. The minimum Gasteiger partial charge on any atom is -0.389 e. The van der Waals surface area contributed by atoms with Crippen molar-refractivity contribution in [3.63, 3.8) is 0 Å². The van der Waals surface area contributed by atoms with E-state index in [4.69, 9.17) is 16.1 Å². The van der Waals surface area contributed by atoms with Crippen molar-refractivity contribution in [2.24, 2.45) is 5.92 Å². The SMILES string of the molecule is CC(=O)[C@@H]1[C@@H](c2ccc(Cl)cc2)c2c(noc2C)C[C@]1(C)O. The standard InChI is InChI=1S/C17H18ClNO3/c1-9(20)16-15(11-4-6-12(18)7-5-11)14-10(2)22-19-13(14)8-17(16,3)21/h4-7,15-16,21H,8H2,1-3H3/t15-,16+,17-/m0/s1. The first-order valence-electron chi connectivity index (χ1n) is 7.24. The van der Waals surface area contributed by atoms with Gasteiger partial charge in [-0.15, -0.1) is 0 Å². The number of benzene rings is 1.